The van der Waals surface area contributed by atoms with Gasteiger partial charge in [-0.1, -0.05) is 21.3 Å². The second-order valence-corrected chi connectivity index (χ2v) is 27.2. The van der Waals surface area contributed by atoms with E-state index in [1.165, 1.54) is 0 Å². The van der Waals surface area contributed by atoms with Gasteiger partial charge in [0.25, 0.3) is 0 Å². The Kier molecular flexibility index (Phi) is 35.7. The molecule has 6 saturated heterocycles. The monoisotopic (exact) mass is 1480 g/mol. The van der Waals surface area contributed by atoms with E-state index in [9.17, 15) is 70.9 Å². The van der Waals surface area contributed by atoms with Crippen molar-refractivity contribution in [3.63, 3.8) is 0 Å². The minimum Gasteiger partial charge on any atom is -0.395 e. The SMILES string of the molecule is C.C[C@@H](CCN)C(=O)N[C@@H]1C[C@H](N)[C@@H](O[C@H]2O[C@H](CNCCO)[C@@H](O)CC2N)[C@H](O[C@@H]2O[C@H](CO)[C@@H](O[C@H]3O[C@@H](CN)[C@@H](O)[C@H](O)C3N)[C@H]2O)[C@H]1O.C[C@@H](CN)C(=O)N[C@@H]1C[C@H](N)[C@@H](O[C@H]2O[C@H](CNCCO)[C@@H](O)CC2N)[C@H](O[C@@H]2O[C@H](CO)[C@@H](O[C@H]3O[C@@H](CN)[C@@H](O)[C@H](O)C3N)[C@H]2O)[C@H]1O. The van der Waals surface area contributed by atoms with E-state index in [1.54, 1.807) is 13.8 Å². The molecule has 598 valence electrons. The molecule has 0 aromatic rings. The summed E-state index contributed by atoms with van der Waals surface area (Å²) in [5, 5.41) is 158. The minimum absolute atomic E-state index is 0. The van der Waals surface area contributed by atoms with E-state index < -0.39 is 251 Å². The van der Waals surface area contributed by atoms with Gasteiger partial charge in [0.1, 0.15) is 110 Å². The van der Waals surface area contributed by atoms with Crippen molar-refractivity contribution < 1.29 is 138 Å². The van der Waals surface area contributed by atoms with Gasteiger partial charge in [0.05, 0.1) is 87.1 Å². The van der Waals surface area contributed by atoms with Crippen molar-refractivity contribution in [3.8, 4) is 0 Å². The fraction of sp³-hybridized carbons (Fsp3) is 0.967. The summed E-state index contributed by atoms with van der Waals surface area (Å²) in [6.07, 6.45) is -35.4. The fourth-order valence-electron chi connectivity index (χ4n) is 13.4. The first-order valence-electron chi connectivity index (χ1n) is 34.5. The van der Waals surface area contributed by atoms with E-state index in [-0.39, 0.29) is 105 Å². The predicted molar refractivity (Wildman–Crippen MR) is 351 cm³/mol. The number of aliphatic hydroxyl groups is 14. The third kappa shape index (κ3) is 21.7. The van der Waals surface area contributed by atoms with Gasteiger partial charge in [-0.05, 0) is 38.6 Å². The van der Waals surface area contributed by atoms with E-state index in [2.05, 4.69) is 21.3 Å². The molecule has 8 aliphatic rings. The van der Waals surface area contributed by atoms with Crippen LogP contribution in [0.1, 0.15) is 53.4 Å². The van der Waals surface area contributed by atoms with Crippen molar-refractivity contribution in [2.45, 2.75) is 274 Å². The summed E-state index contributed by atoms with van der Waals surface area (Å²) in [6.45, 7) is 2.52. The van der Waals surface area contributed by atoms with Crippen molar-refractivity contribution >= 4 is 11.8 Å². The largest absolute Gasteiger partial charge is 0.395 e. The fourth-order valence-corrected chi connectivity index (χ4v) is 13.4. The lowest BCUT2D eigenvalue weighted by molar-refractivity contribution is -0.296. The Labute approximate surface area is 591 Å². The highest BCUT2D eigenvalue weighted by Crippen LogP contribution is 2.38. The van der Waals surface area contributed by atoms with Crippen molar-refractivity contribution in [2.24, 2.45) is 69.2 Å². The summed E-state index contributed by atoms with van der Waals surface area (Å²) < 4.78 is 71.5. The molecule has 42 nitrogen and oxygen atoms in total. The molecule has 2 aliphatic carbocycles. The highest BCUT2D eigenvalue weighted by atomic mass is 16.8. The first-order valence-corrected chi connectivity index (χ1v) is 34.5. The zero-order valence-electron chi connectivity index (χ0n) is 56.7. The number of nitrogens with two attached hydrogens (primary N) is 10. The summed E-state index contributed by atoms with van der Waals surface area (Å²) in [5.41, 5.74) is 60.5. The van der Waals surface area contributed by atoms with Crippen LogP contribution in [0.3, 0.4) is 0 Å². The molecular formula is C60H120N14O28. The molecule has 0 aromatic heterocycles. The minimum atomic E-state index is -1.65. The van der Waals surface area contributed by atoms with Crippen LogP contribution >= 0.6 is 0 Å². The van der Waals surface area contributed by atoms with E-state index in [1.807, 2.05) is 0 Å². The van der Waals surface area contributed by atoms with E-state index >= 15 is 0 Å². The molecule has 2 amide bonds. The van der Waals surface area contributed by atoms with Crippen LogP contribution in [0.25, 0.3) is 0 Å². The van der Waals surface area contributed by atoms with Gasteiger partial charge < -0.3 is 207 Å². The molecule has 0 aromatic carbocycles. The van der Waals surface area contributed by atoms with Crippen LogP contribution in [0, 0.1) is 11.8 Å². The normalized spacial score (nSPS) is 45.3. The Morgan fingerprint density at radius 2 is 0.755 bits per heavy atom. The van der Waals surface area contributed by atoms with Crippen molar-refractivity contribution in [2.75, 3.05) is 78.8 Å². The Hall–Kier alpha value is -2.58. The molecule has 2 saturated carbocycles. The molecule has 102 heavy (non-hydrogen) atoms. The zero-order chi connectivity index (χ0) is 74.4. The second kappa shape index (κ2) is 41.3. The summed E-state index contributed by atoms with van der Waals surface area (Å²) in [5.74, 6) is -1.88. The number of nitrogens with one attached hydrogen (secondary N) is 4. The maximum atomic E-state index is 13.0. The average Bonchev–Trinajstić information content (AvgIpc) is 1.43. The van der Waals surface area contributed by atoms with Gasteiger partial charge in [0.2, 0.25) is 11.8 Å². The Morgan fingerprint density at radius 1 is 0.412 bits per heavy atom. The molecular weight excluding hydrogens is 1360 g/mol. The molecule has 0 radical (unpaired) electrons. The highest BCUT2D eigenvalue weighted by molar-refractivity contribution is 5.79. The smallest absolute Gasteiger partial charge is 0.224 e. The molecule has 38 atom stereocenters. The van der Waals surface area contributed by atoms with E-state index in [0.29, 0.717) is 6.42 Å². The van der Waals surface area contributed by atoms with Crippen LogP contribution in [0.4, 0.5) is 0 Å². The van der Waals surface area contributed by atoms with Crippen molar-refractivity contribution in [1.29, 1.82) is 0 Å². The first kappa shape index (κ1) is 88.3. The number of carbonyl (C=O) groups excluding carboxylic acids is 2. The number of hydrogen-bond donors (Lipinski definition) is 28. The van der Waals surface area contributed by atoms with Gasteiger partial charge >= 0.3 is 0 Å². The molecule has 38 N–H and O–H groups in total. The third-order valence-corrected chi connectivity index (χ3v) is 19.7. The maximum Gasteiger partial charge on any atom is 0.224 e. The molecule has 8 rings (SSSR count). The summed E-state index contributed by atoms with van der Waals surface area (Å²) in [6, 6.07) is -7.91. The summed E-state index contributed by atoms with van der Waals surface area (Å²) in [4.78, 5) is 25.7. The molecule has 6 aliphatic heterocycles. The van der Waals surface area contributed by atoms with Crippen molar-refractivity contribution in [3.05, 3.63) is 0 Å². The molecule has 0 bridgehead atoms. The Morgan fingerprint density at radius 3 is 1.10 bits per heavy atom. The number of carbonyl (C=O) groups is 2. The molecule has 4 unspecified atom stereocenters. The Bertz CT molecular complexity index is 2450. The lowest BCUT2D eigenvalue weighted by atomic mass is 9.83. The van der Waals surface area contributed by atoms with Crippen LogP contribution in [0.5, 0.6) is 0 Å². The third-order valence-electron chi connectivity index (χ3n) is 19.7. The van der Waals surface area contributed by atoms with Gasteiger partial charge in [-0.3, -0.25) is 9.59 Å². The quantitative estimate of drug-likeness (QED) is 0.0287. The van der Waals surface area contributed by atoms with E-state index in [4.69, 9.17) is 124 Å². The molecule has 0 spiro atoms. The van der Waals surface area contributed by atoms with Crippen LogP contribution in [-0.4, -0.2) is 382 Å². The van der Waals surface area contributed by atoms with Gasteiger partial charge in [0, 0.05) is 69.7 Å². The number of aliphatic hydroxyl groups excluding tert-OH is 14. The number of hydrogen-bond acceptors (Lipinski definition) is 40. The van der Waals surface area contributed by atoms with E-state index in [0.717, 1.165) is 0 Å². The molecule has 6 heterocycles. The summed E-state index contributed by atoms with van der Waals surface area (Å²) in [7, 11) is 0. The molecule has 8 fully saturated rings. The number of rotatable bonds is 31. The predicted octanol–water partition coefficient (Wildman–Crippen LogP) is -16.0. The highest BCUT2D eigenvalue weighted by Gasteiger charge is 2.57. The van der Waals surface area contributed by atoms with Gasteiger partial charge in [-0.15, -0.1) is 0 Å². The van der Waals surface area contributed by atoms with Crippen LogP contribution < -0.4 is 78.6 Å². The van der Waals surface area contributed by atoms with Gasteiger partial charge in [0.15, 0.2) is 37.7 Å². The number of amides is 2. The number of ether oxygens (including phenoxy) is 12. The standard InChI is InChI=1S/C30H59N7O14.C29H57N7O14.CH4/c1-11(2-3-31)27(45)37-14-6-12(33)24(49-28-13(34)7-15(40)17(47-28)9-36-4-5-38)26(20(14)41)51-30-23(44)25(18(10-39)48-30)50-29-19(35)22(43)21(42)16(8-32)46-29;1-10(6-30)26(44)36-13-4-11(32)23(48-27-12(33)5-14(39)16(46-27)8-35-2-3-37)25(19(13)40)50-29-22(43)24(17(9-38)47-29)49-28-18(34)21(42)20(41)15(7-31)45-28;/h11-26,28-30,36,38-44H,2-10,31-35H2,1H3,(H,37,45);10-25,27-29,35,37-43H,2-9,30-34H2,1H3,(H,36,44);1H4/t11-,12-,13?,14+,15-,16-,17+,18+,19?,20-,21+,22+,23+,24+,25+,26+,28+,29+,30-;10-,11-,12?,13+,14-,15-,16+,17+,18?,19-,20+,21+,22+,23+,24+,25+,27+,28+,29-;/m00./s1. The summed E-state index contributed by atoms with van der Waals surface area (Å²) >= 11 is 0. The maximum absolute atomic E-state index is 13.0. The first-order chi connectivity index (χ1) is 48.0. The lowest BCUT2D eigenvalue weighted by Crippen LogP contribution is -2.67. The van der Waals surface area contributed by atoms with Crippen LogP contribution in [0.2, 0.25) is 0 Å². The van der Waals surface area contributed by atoms with Gasteiger partial charge in [-0.25, -0.2) is 0 Å². The van der Waals surface area contributed by atoms with Crippen LogP contribution in [-0.2, 0) is 66.4 Å². The lowest BCUT2D eigenvalue weighted by Gasteiger charge is -2.47. The van der Waals surface area contributed by atoms with Gasteiger partial charge in [-0.2, -0.15) is 0 Å². The topological polar surface area (TPSA) is 736 Å². The molecule has 42 heteroatoms. The van der Waals surface area contributed by atoms with Crippen LogP contribution in [0.15, 0.2) is 0 Å². The second-order valence-electron chi connectivity index (χ2n) is 27.2. The van der Waals surface area contributed by atoms with Crippen molar-refractivity contribution in [1.82, 2.24) is 21.3 Å². The average molecular weight is 1490 g/mol. The Balaban J connectivity index is 0.000000318. The zero-order valence-corrected chi connectivity index (χ0v) is 56.7.